The lowest BCUT2D eigenvalue weighted by Crippen LogP contribution is -2.30. The summed E-state index contributed by atoms with van der Waals surface area (Å²) < 4.78 is 16.6. The number of hydrogen-bond acceptors (Lipinski definition) is 6. The molecule has 0 aromatic carbocycles. The Labute approximate surface area is 373 Å². The molecule has 1 unspecified atom stereocenters. The Hall–Kier alpha value is -4.19. The van der Waals surface area contributed by atoms with Crippen LogP contribution in [0.15, 0.2) is 122 Å². The van der Waals surface area contributed by atoms with Gasteiger partial charge in [-0.05, 0) is 96.3 Å². The van der Waals surface area contributed by atoms with Crippen LogP contribution in [0.4, 0.5) is 0 Å². The number of esters is 3. The predicted molar refractivity (Wildman–Crippen MR) is 260 cm³/mol. The van der Waals surface area contributed by atoms with Crippen LogP contribution in [0.2, 0.25) is 0 Å². The fourth-order valence-electron chi connectivity index (χ4n) is 5.94. The summed E-state index contributed by atoms with van der Waals surface area (Å²) in [7, 11) is 0. The van der Waals surface area contributed by atoms with Gasteiger partial charge < -0.3 is 14.2 Å². The topological polar surface area (TPSA) is 78.9 Å². The van der Waals surface area contributed by atoms with Gasteiger partial charge in [-0.3, -0.25) is 14.4 Å². The Morgan fingerprint density at radius 1 is 0.361 bits per heavy atom. The minimum absolute atomic E-state index is 0.125. The lowest BCUT2D eigenvalue weighted by molar-refractivity contribution is -0.166. The molecule has 0 aromatic rings. The summed E-state index contributed by atoms with van der Waals surface area (Å²) in [5.74, 6) is -1.07. The molecule has 0 aliphatic carbocycles. The maximum Gasteiger partial charge on any atom is 0.306 e. The van der Waals surface area contributed by atoms with E-state index in [1.54, 1.807) is 0 Å². The van der Waals surface area contributed by atoms with Crippen molar-refractivity contribution in [1.82, 2.24) is 0 Å². The van der Waals surface area contributed by atoms with Gasteiger partial charge in [-0.1, -0.05) is 194 Å². The number of carbonyl (C=O) groups is 3. The third-order valence-electron chi connectivity index (χ3n) is 9.51. The Balaban J connectivity index is 4.52. The van der Waals surface area contributed by atoms with Crippen LogP contribution >= 0.6 is 0 Å². The Morgan fingerprint density at radius 2 is 0.770 bits per heavy atom. The molecule has 0 fully saturated rings. The maximum atomic E-state index is 12.7. The number of unbranched alkanes of at least 4 members (excludes halogenated alkanes) is 12. The summed E-state index contributed by atoms with van der Waals surface area (Å²) >= 11 is 0. The van der Waals surface area contributed by atoms with Crippen molar-refractivity contribution >= 4 is 17.9 Å². The van der Waals surface area contributed by atoms with Gasteiger partial charge in [-0.25, -0.2) is 0 Å². The molecule has 0 saturated carbocycles. The third-order valence-corrected chi connectivity index (χ3v) is 9.51. The fraction of sp³-hybridized carbons (Fsp3) is 0.582. The maximum absolute atomic E-state index is 12.7. The molecule has 0 bridgehead atoms. The van der Waals surface area contributed by atoms with Gasteiger partial charge in [0.25, 0.3) is 0 Å². The third kappa shape index (κ3) is 46.7. The summed E-state index contributed by atoms with van der Waals surface area (Å²) in [6.45, 7) is 6.23. The van der Waals surface area contributed by atoms with E-state index in [0.29, 0.717) is 12.8 Å². The van der Waals surface area contributed by atoms with E-state index in [2.05, 4.69) is 130 Å². The van der Waals surface area contributed by atoms with Crippen molar-refractivity contribution in [2.24, 2.45) is 0 Å². The van der Waals surface area contributed by atoms with Crippen molar-refractivity contribution in [1.29, 1.82) is 0 Å². The summed E-state index contributed by atoms with van der Waals surface area (Å²) in [6, 6.07) is 0. The van der Waals surface area contributed by atoms with Crippen LogP contribution in [0.5, 0.6) is 0 Å². The molecule has 0 aliphatic heterocycles. The van der Waals surface area contributed by atoms with Crippen LogP contribution in [0.3, 0.4) is 0 Å². The first-order valence-electron chi connectivity index (χ1n) is 24.1. The number of rotatable bonds is 41. The predicted octanol–water partition coefficient (Wildman–Crippen LogP) is 15.7. The number of carbonyl (C=O) groups excluding carboxylic acids is 3. The molecule has 61 heavy (non-hydrogen) atoms. The SMILES string of the molecule is CC\C=C/C=C\C=C/CCCCCCCCCC(=O)OC(COC(=O)CC/C=C\C/C=C\C/C=C\C/C=C\C/C=C\C/C=C\CC)COC(=O)CCC/C=C\CCCCCC. The molecule has 0 N–H and O–H groups in total. The van der Waals surface area contributed by atoms with Crippen LogP contribution in [-0.2, 0) is 28.6 Å². The van der Waals surface area contributed by atoms with E-state index in [0.717, 1.165) is 89.9 Å². The Bertz CT molecular complexity index is 1340. The van der Waals surface area contributed by atoms with Crippen molar-refractivity contribution in [3.8, 4) is 0 Å². The quantitative estimate of drug-likeness (QED) is 0.0201. The molecule has 0 saturated heterocycles. The van der Waals surface area contributed by atoms with Gasteiger partial charge in [0.15, 0.2) is 6.10 Å². The van der Waals surface area contributed by atoms with E-state index in [1.807, 2.05) is 12.2 Å². The summed E-state index contributed by atoms with van der Waals surface area (Å²) in [6.07, 6.45) is 66.3. The Kier molecular flexibility index (Phi) is 45.1. The monoisotopic (exact) mass is 843 g/mol. The lowest BCUT2D eigenvalue weighted by atomic mass is 10.1. The van der Waals surface area contributed by atoms with Crippen LogP contribution in [0.25, 0.3) is 0 Å². The van der Waals surface area contributed by atoms with E-state index in [-0.39, 0.29) is 50.4 Å². The second kappa shape index (κ2) is 48.5. The van der Waals surface area contributed by atoms with Crippen molar-refractivity contribution in [2.45, 2.75) is 194 Å². The fourth-order valence-corrected chi connectivity index (χ4v) is 5.94. The molecule has 6 nitrogen and oxygen atoms in total. The largest absolute Gasteiger partial charge is 0.462 e. The van der Waals surface area contributed by atoms with Gasteiger partial charge >= 0.3 is 17.9 Å². The molecule has 0 radical (unpaired) electrons. The average molecular weight is 843 g/mol. The minimum atomic E-state index is -0.827. The van der Waals surface area contributed by atoms with Crippen LogP contribution in [0, 0.1) is 0 Å². The lowest BCUT2D eigenvalue weighted by Gasteiger charge is -2.18. The van der Waals surface area contributed by atoms with Gasteiger partial charge in [0, 0.05) is 19.3 Å². The Morgan fingerprint density at radius 3 is 1.33 bits per heavy atom. The van der Waals surface area contributed by atoms with Crippen molar-refractivity contribution in [3.63, 3.8) is 0 Å². The zero-order valence-electron chi connectivity index (χ0n) is 38.9. The molecule has 0 spiro atoms. The highest BCUT2D eigenvalue weighted by molar-refractivity contribution is 5.71. The highest BCUT2D eigenvalue weighted by Gasteiger charge is 2.19. The number of hydrogen-bond donors (Lipinski definition) is 0. The normalized spacial score (nSPS) is 13.2. The molecule has 0 aromatic heterocycles. The summed E-state index contributed by atoms with van der Waals surface area (Å²) in [4.78, 5) is 37.8. The molecule has 6 heteroatoms. The minimum Gasteiger partial charge on any atom is -0.462 e. The highest BCUT2D eigenvalue weighted by Crippen LogP contribution is 2.12. The number of allylic oxidation sites excluding steroid dienone is 20. The first-order chi connectivity index (χ1) is 30.0. The molecule has 0 rings (SSSR count). The van der Waals surface area contributed by atoms with Gasteiger partial charge in [0.05, 0.1) is 0 Å². The molecule has 1 atom stereocenters. The summed E-state index contributed by atoms with van der Waals surface area (Å²) in [5, 5.41) is 0. The zero-order valence-corrected chi connectivity index (χ0v) is 38.9. The molecular weight excluding hydrogens is 757 g/mol. The molecule has 342 valence electrons. The first-order valence-corrected chi connectivity index (χ1v) is 24.1. The molecule has 0 heterocycles. The summed E-state index contributed by atoms with van der Waals surface area (Å²) in [5.41, 5.74) is 0. The molecule has 0 aliphatic rings. The van der Waals surface area contributed by atoms with E-state index >= 15 is 0 Å². The highest BCUT2D eigenvalue weighted by atomic mass is 16.6. The van der Waals surface area contributed by atoms with Crippen molar-refractivity contribution in [2.75, 3.05) is 13.2 Å². The van der Waals surface area contributed by atoms with E-state index < -0.39 is 6.10 Å². The number of ether oxygens (including phenoxy) is 3. The van der Waals surface area contributed by atoms with Gasteiger partial charge in [0.2, 0.25) is 0 Å². The molecule has 0 amide bonds. The second-order valence-electron chi connectivity index (χ2n) is 15.3. The van der Waals surface area contributed by atoms with Crippen molar-refractivity contribution in [3.05, 3.63) is 122 Å². The van der Waals surface area contributed by atoms with E-state index in [1.165, 1.54) is 44.9 Å². The first kappa shape index (κ1) is 56.8. The molecular formula is C55H86O6. The van der Waals surface area contributed by atoms with Gasteiger partial charge in [-0.2, -0.15) is 0 Å². The van der Waals surface area contributed by atoms with Crippen LogP contribution < -0.4 is 0 Å². The average Bonchev–Trinajstić information content (AvgIpc) is 3.26. The van der Waals surface area contributed by atoms with Gasteiger partial charge in [-0.15, -0.1) is 0 Å². The zero-order chi connectivity index (χ0) is 44.4. The van der Waals surface area contributed by atoms with Gasteiger partial charge in [0.1, 0.15) is 13.2 Å². The standard InChI is InChI=1S/C55H86O6/c1-4-7-10-13-16-19-21-23-25-26-27-28-30-31-33-36-39-42-45-48-54(57)60-51-52(50-59-53(56)47-44-41-38-35-18-15-12-9-6-3)61-55(58)49-46-43-40-37-34-32-29-24-22-20-17-14-11-8-5-2/h7-8,10-11,14,16-17,19-20,22-23,25,27-28,31,33,35,38-39,42,52H,4-6,9,12-13,15,18,21,24,26,29-30,32,34,36-37,40-41,43-51H2,1-3H3/b10-7-,11-8-,17-14-,19-16-,22-20-,25-23-,28-27-,33-31-,38-35-,42-39-. The second-order valence-corrected chi connectivity index (χ2v) is 15.3. The smallest absolute Gasteiger partial charge is 0.306 e. The van der Waals surface area contributed by atoms with E-state index in [4.69, 9.17) is 14.2 Å². The van der Waals surface area contributed by atoms with E-state index in [9.17, 15) is 14.4 Å². The van der Waals surface area contributed by atoms with Crippen LogP contribution in [-0.4, -0.2) is 37.2 Å². The van der Waals surface area contributed by atoms with Crippen molar-refractivity contribution < 1.29 is 28.6 Å². The van der Waals surface area contributed by atoms with Crippen LogP contribution in [0.1, 0.15) is 188 Å².